The summed E-state index contributed by atoms with van der Waals surface area (Å²) in [7, 11) is 3.14. The Kier molecular flexibility index (Phi) is 8.30. The number of rotatable bonds is 10. The maximum atomic E-state index is 12.3. The number of hydrogen-bond acceptors (Lipinski definition) is 7. The number of benzene rings is 2. The van der Waals surface area contributed by atoms with E-state index >= 15 is 0 Å². The molecule has 0 saturated carbocycles. The topological polar surface area (TPSA) is 111 Å². The number of hydrogen-bond donors (Lipinski definition) is 1. The molecular formula is C21H25N3O6. The highest BCUT2D eigenvalue weighted by molar-refractivity contribution is 5.93. The quantitative estimate of drug-likeness (QED) is 0.275. The molecule has 0 spiro atoms. The van der Waals surface area contributed by atoms with Gasteiger partial charge >= 0.3 is 5.97 Å². The average molecular weight is 415 g/mol. The smallest absolute Gasteiger partial charge is 0.338 e. The van der Waals surface area contributed by atoms with Crippen LogP contribution in [0.2, 0.25) is 0 Å². The molecular weight excluding hydrogens is 390 g/mol. The second-order valence-corrected chi connectivity index (χ2v) is 6.66. The van der Waals surface area contributed by atoms with E-state index in [1.165, 1.54) is 24.1 Å². The van der Waals surface area contributed by atoms with Crippen molar-refractivity contribution in [1.29, 1.82) is 0 Å². The van der Waals surface area contributed by atoms with Crippen LogP contribution in [0.5, 0.6) is 0 Å². The van der Waals surface area contributed by atoms with E-state index in [1.54, 1.807) is 7.05 Å². The zero-order valence-electron chi connectivity index (χ0n) is 17.2. The molecule has 0 aliphatic carbocycles. The number of anilines is 1. The number of ether oxygens (including phenoxy) is 2. The Hall–Kier alpha value is -3.46. The van der Waals surface area contributed by atoms with E-state index in [-0.39, 0.29) is 22.8 Å². The predicted molar refractivity (Wildman–Crippen MR) is 111 cm³/mol. The van der Waals surface area contributed by atoms with Crippen LogP contribution < -0.4 is 5.32 Å². The Bertz CT molecular complexity index is 915. The van der Waals surface area contributed by atoms with Gasteiger partial charge in [0.25, 0.3) is 11.6 Å². The van der Waals surface area contributed by atoms with Gasteiger partial charge in [0.15, 0.2) is 6.61 Å². The van der Waals surface area contributed by atoms with Gasteiger partial charge < -0.3 is 19.7 Å². The monoisotopic (exact) mass is 415 g/mol. The highest BCUT2D eigenvalue weighted by Gasteiger charge is 2.20. The minimum atomic E-state index is -0.806. The summed E-state index contributed by atoms with van der Waals surface area (Å²) in [5.74, 6) is -1.18. The number of aryl methyl sites for hydroxylation is 1. The van der Waals surface area contributed by atoms with Gasteiger partial charge in [-0.1, -0.05) is 24.3 Å². The molecule has 0 atom stereocenters. The summed E-state index contributed by atoms with van der Waals surface area (Å²) in [6.45, 7) is 2.63. The van der Waals surface area contributed by atoms with E-state index in [2.05, 4.69) is 5.32 Å². The fraction of sp³-hybridized carbons (Fsp3) is 0.333. The molecule has 0 bridgehead atoms. The fourth-order valence-corrected chi connectivity index (χ4v) is 2.70. The molecule has 1 N–H and O–H groups in total. The first-order valence-electron chi connectivity index (χ1n) is 9.30. The first kappa shape index (κ1) is 22.8. The summed E-state index contributed by atoms with van der Waals surface area (Å²) in [6.07, 6.45) is 0. The van der Waals surface area contributed by atoms with E-state index in [1.807, 2.05) is 31.2 Å². The number of nitro benzene ring substituents is 1. The molecule has 9 heteroatoms. The Morgan fingerprint density at radius 3 is 2.60 bits per heavy atom. The molecule has 160 valence electrons. The minimum Gasteiger partial charge on any atom is -0.452 e. The van der Waals surface area contributed by atoms with Crippen LogP contribution in [0.25, 0.3) is 0 Å². The van der Waals surface area contributed by atoms with Gasteiger partial charge in [0.2, 0.25) is 0 Å². The lowest BCUT2D eigenvalue weighted by molar-refractivity contribution is -0.384. The molecule has 9 nitrogen and oxygen atoms in total. The predicted octanol–water partition coefficient (Wildman–Crippen LogP) is 2.78. The number of carbonyl (C=O) groups is 2. The molecule has 0 heterocycles. The van der Waals surface area contributed by atoms with E-state index in [4.69, 9.17) is 9.47 Å². The standard InChI is InChI=1S/C21H25N3O6/c1-15-6-4-5-7-17(15)13-23(2)20(25)14-30-21(26)16-8-9-18(22-10-11-29-3)19(12-16)24(27)28/h4-9,12,22H,10-11,13-14H2,1-3H3. The van der Waals surface area contributed by atoms with Crippen LogP contribution in [0.15, 0.2) is 42.5 Å². The van der Waals surface area contributed by atoms with E-state index in [0.717, 1.165) is 17.2 Å². The highest BCUT2D eigenvalue weighted by atomic mass is 16.6. The largest absolute Gasteiger partial charge is 0.452 e. The van der Waals surface area contributed by atoms with Gasteiger partial charge in [-0.25, -0.2) is 4.79 Å². The van der Waals surface area contributed by atoms with Crippen molar-refractivity contribution in [2.45, 2.75) is 13.5 Å². The highest BCUT2D eigenvalue weighted by Crippen LogP contribution is 2.25. The van der Waals surface area contributed by atoms with Crippen LogP contribution in [-0.4, -0.2) is 55.6 Å². The summed E-state index contributed by atoms with van der Waals surface area (Å²) in [5, 5.41) is 14.2. The van der Waals surface area contributed by atoms with Crippen molar-refractivity contribution in [3.05, 3.63) is 69.3 Å². The van der Waals surface area contributed by atoms with Crippen molar-refractivity contribution in [2.24, 2.45) is 0 Å². The summed E-state index contributed by atoms with van der Waals surface area (Å²) < 4.78 is 9.96. The maximum absolute atomic E-state index is 12.3. The van der Waals surface area contributed by atoms with Gasteiger partial charge in [0, 0.05) is 33.3 Å². The van der Waals surface area contributed by atoms with Gasteiger partial charge in [-0.2, -0.15) is 0 Å². The third-order valence-corrected chi connectivity index (χ3v) is 4.47. The van der Waals surface area contributed by atoms with Crippen molar-refractivity contribution in [3.8, 4) is 0 Å². The fourth-order valence-electron chi connectivity index (χ4n) is 2.70. The molecule has 0 saturated heterocycles. The number of amides is 1. The molecule has 0 fully saturated rings. The molecule has 0 aliphatic rings. The number of carbonyl (C=O) groups excluding carboxylic acids is 2. The molecule has 0 aliphatic heterocycles. The molecule has 1 amide bonds. The first-order valence-corrected chi connectivity index (χ1v) is 9.30. The Morgan fingerprint density at radius 2 is 1.93 bits per heavy atom. The van der Waals surface area contributed by atoms with Gasteiger partial charge in [0.05, 0.1) is 17.1 Å². The van der Waals surface area contributed by atoms with Crippen molar-refractivity contribution < 1.29 is 24.0 Å². The van der Waals surface area contributed by atoms with Crippen LogP contribution >= 0.6 is 0 Å². The molecule has 0 aromatic heterocycles. The number of esters is 1. The molecule has 30 heavy (non-hydrogen) atoms. The van der Waals surface area contributed by atoms with E-state index in [0.29, 0.717) is 19.7 Å². The van der Waals surface area contributed by atoms with Crippen LogP contribution in [0.1, 0.15) is 21.5 Å². The Morgan fingerprint density at radius 1 is 1.20 bits per heavy atom. The first-order chi connectivity index (χ1) is 14.3. The number of methoxy groups -OCH3 is 1. The molecule has 2 rings (SSSR count). The SMILES string of the molecule is COCCNc1ccc(C(=O)OCC(=O)N(C)Cc2ccccc2C)cc1[N+](=O)[O-]. The van der Waals surface area contributed by atoms with Crippen molar-refractivity contribution in [3.63, 3.8) is 0 Å². The van der Waals surface area contributed by atoms with Gasteiger partial charge in [-0.3, -0.25) is 14.9 Å². The third-order valence-electron chi connectivity index (χ3n) is 4.47. The zero-order valence-corrected chi connectivity index (χ0v) is 17.2. The molecule has 0 radical (unpaired) electrons. The van der Waals surface area contributed by atoms with Crippen molar-refractivity contribution in [1.82, 2.24) is 4.90 Å². The van der Waals surface area contributed by atoms with E-state index in [9.17, 15) is 19.7 Å². The van der Waals surface area contributed by atoms with Gasteiger partial charge in [-0.15, -0.1) is 0 Å². The van der Waals surface area contributed by atoms with Gasteiger partial charge in [0.1, 0.15) is 5.69 Å². The van der Waals surface area contributed by atoms with Crippen molar-refractivity contribution in [2.75, 3.05) is 39.2 Å². The lowest BCUT2D eigenvalue weighted by Crippen LogP contribution is -2.31. The average Bonchev–Trinajstić information content (AvgIpc) is 2.73. The minimum absolute atomic E-state index is 0.00616. The molecule has 2 aromatic rings. The lowest BCUT2D eigenvalue weighted by atomic mass is 10.1. The number of likely N-dealkylation sites (N-methyl/N-ethyl adjacent to an activating group) is 1. The number of nitrogens with one attached hydrogen (secondary N) is 1. The lowest BCUT2D eigenvalue weighted by Gasteiger charge is -2.18. The summed E-state index contributed by atoms with van der Waals surface area (Å²) >= 11 is 0. The van der Waals surface area contributed by atoms with Crippen LogP contribution in [0.3, 0.4) is 0 Å². The number of nitrogens with zero attached hydrogens (tertiary/aromatic N) is 2. The van der Waals surface area contributed by atoms with Crippen molar-refractivity contribution >= 4 is 23.3 Å². The normalized spacial score (nSPS) is 10.4. The summed E-state index contributed by atoms with van der Waals surface area (Å²) in [5.41, 5.74) is 2.05. The van der Waals surface area contributed by atoms with Crippen LogP contribution in [-0.2, 0) is 20.8 Å². The number of nitro groups is 1. The Labute approximate surface area is 174 Å². The third kappa shape index (κ3) is 6.28. The molecule has 0 unspecified atom stereocenters. The zero-order chi connectivity index (χ0) is 22.1. The van der Waals surface area contributed by atoms with Gasteiger partial charge in [-0.05, 0) is 30.2 Å². The summed E-state index contributed by atoms with van der Waals surface area (Å²) in [6, 6.07) is 11.6. The summed E-state index contributed by atoms with van der Waals surface area (Å²) in [4.78, 5) is 36.7. The van der Waals surface area contributed by atoms with Crippen LogP contribution in [0, 0.1) is 17.0 Å². The second kappa shape index (κ2) is 10.9. The maximum Gasteiger partial charge on any atom is 0.338 e. The van der Waals surface area contributed by atoms with Crippen LogP contribution in [0.4, 0.5) is 11.4 Å². The second-order valence-electron chi connectivity index (χ2n) is 6.66. The molecule has 2 aromatic carbocycles. The van der Waals surface area contributed by atoms with E-state index < -0.39 is 17.5 Å². The Balaban J connectivity index is 1.98.